The summed E-state index contributed by atoms with van der Waals surface area (Å²) in [4.78, 5) is 45.9. The minimum absolute atomic E-state index is 0.108. The molecule has 4 aromatic rings. The number of hydrogen-bond donors (Lipinski definition) is 1. The number of nitrogens with zero attached hydrogens (tertiary/aromatic N) is 4. The van der Waals surface area contributed by atoms with E-state index in [1.165, 1.54) is 12.3 Å². The molecule has 13 heteroatoms. The Labute approximate surface area is 250 Å². The van der Waals surface area contributed by atoms with Gasteiger partial charge in [-0.25, -0.2) is 23.4 Å². The number of para-hydroxylation sites is 2. The van der Waals surface area contributed by atoms with Crippen molar-refractivity contribution in [1.29, 1.82) is 0 Å². The Morgan fingerprint density at radius 3 is 2.49 bits per heavy atom. The first kappa shape index (κ1) is 30.1. The molecule has 0 radical (unpaired) electrons. The number of hydrogen-bond acceptors (Lipinski definition) is 7. The number of carbonyl (C=O) groups excluding carboxylic acids is 2. The standard InChI is InChI=1S/C30H30ClF2N5O5/c1-2-42-26(39)17-43-25-12-11-21(15-34-25)38-24-6-4-3-5-23(24)37(30(38)41)16-18-7-9-20(10-8-18)36-29(40)22-13-19(31)14-35-27(22)28(32)33/h3-6,11-15,18,20,28H,2,7-10,16-17H2,1H3,(H,36,40)/t18-,20-. The molecule has 0 spiro atoms. The van der Waals surface area contributed by atoms with Crippen LogP contribution in [0, 0.1) is 5.92 Å². The van der Waals surface area contributed by atoms with Gasteiger partial charge >= 0.3 is 11.7 Å². The van der Waals surface area contributed by atoms with Gasteiger partial charge in [0.05, 0.1) is 40.1 Å². The van der Waals surface area contributed by atoms with Gasteiger partial charge < -0.3 is 14.8 Å². The highest BCUT2D eigenvalue weighted by Crippen LogP contribution is 2.29. The quantitative estimate of drug-likeness (QED) is 0.247. The molecule has 1 N–H and O–H groups in total. The minimum atomic E-state index is -2.90. The number of fused-ring (bicyclic) bond motifs is 1. The Bertz CT molecular complexity index is 1670. The van der Waals surface area contributed by atoms with Crippen molar-refractivity contribution in [1.82, 2.24) is 24.4 Å². The molecule has 0 aliphatic heterocycles. The molecule has 0 saturated heterocycles. The third-order valence-corrected chi connectivity index (χ3v) is 7.62. The molecule has 3 aromatic heterocycles. The van der Waals surface area contributed by atoms with E-state index in [4.69, 9.17) is 21.1 Å². The van der Waals surface area contributed by atoms with E-state index in [1.54, 1.807) is 28.2 Å². The van der Waals surface area contributed by atoms with Crippen LogP contribution < -0.4 is 15.7 Å². The Balaban J connectivity index is 1.26. The number of carbonyl (C=O) groups is 2. The first-order chi connectivity index (χ1) is 20.7. The minimum Gasteiger partial charge on any atom is -0.466 e. The van der Waals surface area contributed by atoms with Crippen LogP contribution in [-0.4, -0.2) is 50.2 Å². The summed E-state index contributed by atoms with van der Waals surface area (Å²) in [7, 11) is 0. The van der Waals surface area contributed by atoms with E-state index in [1.807, 2.05) is 24.3 Å². The SMILES string of the molecule is CCOC(=O)COc1ccc(-n2c(=O)n(C[C@H]3CC[C@H](NC(=O)c4cc(Cl)cnc4C(F)F)CC3)c3ccccc32)cn1. The maximum atomic E-state index is 13.7. The predicted molar refractivity (Wildman–Crippen MR) is 155 cm³/mol. The molecular weight excluding hydrogens is 584 g/mol. The van der Waals surface area contributed by atoms with Crippen LogP contribution in [-0.2, 0) is 16.1 Å². The number of halogens is 3. The fourth-order valence-corrected chi connectivity index (χ4v) is 5.53. The van der Waals surface area contributed by atoms with E-state index in [0.29, 0.717) is 25.1 Å². The molecule has 0 unspecified atom stereocenters. The molecule has 10 nitrogen and oxygen atoms in total. The van der Waals surface area contributed by atoms with Crippen LogP contribution >= 0.6 is 11.6 Å². The normalized spacial score (nSPS) is 16.8. The fourth-order valence-electron chi connectivity index (χ4n) is 5.38. The second kappa shape index (κ2) is 13.3. The number of ether oxygens (including phenoxy) is 2. The predicted octanol–water partition coefficient (Wildman–Crippen LogP) is 5.10. The number of pyridine rings is 2. The van der Waals surface area contributed by atoms with E-state index >= 15 is 0 Å². The van der Waals surface area contributed by atoms with Gasteiger partial charge in [0.1, 0.15) is 5.69 Å². The number of amides is 1. The zero-order valence-electron chi connectivity index (χ0n) is 23.3. The van der Waals surface area contributed by atoms with Crippen LogP contribution in [0.2, 0.25) is 5.02 Å². The van der Waals surface area contributed by atoms with Gasteiger partial charge in [0.2, 0.25) is 5.88 Å². The van der Waals surface area contributed by atoms with Gasteiger partial charge in [0.15, 0.2) is 6.61 Å². The van der Waals surface area contributed by atoms with Crippen molar-refractivity contribution in [3.63, 3.8) is 0 Å². The molecule has 1 aliphatic carbocycles. The van der Waals surface area contributed by atoms with Crippen LogP contribution in [0.1, 0.15) is 55.1 Å². The third-order valence-electron chi connectivity index (χ3n) is 7.42. The molecule has 1 aromatic carbocycles. The summed E-state index contributed by atoms with van der Waals surface area (Å²) in [5.41, 5.74) is 1.01. The van der Waals surface area contributed by atoms with Crippen LogP contribution in [0.25, 0.3) is 16.7 Å². The number of alkyl halides is 2. The summed E-state index contributed by atoms with van der Waals surface area (Å²) in [6.07, 6.45) is 2.46. The topological polar surface area (TPSA) is 117 Å². The first-order valence-electron chi connectivity index (χ1n) is 13.9. The Morgan fingerprint density at radius 2 is 1.81 bits per heavy atom. The van der Waals surface area contributed by atoms with Gasteiger partial charge in [0, 0.05) is 24.8 Å². The van der Waals surface area contributed by atoms with Crippen molar-refractivity contribution in [3.8, 4) is 11.6 Å². The number of rotatable bonds is 10. The maximum Gasteiger partial charge on any atom is 0.344 e. The molecule has 1 amide bonds. The Morgan fingerprint density at radius 1 is 1.07 bits per heavy atom. The van der Waals surface area contributed by atoms with E-state index < -0.39 is 24.0 Å². The van der Waals surface area contributed by atoms with Crippen LogP contribution in [0.15, 0.2) is 59.7 Å². The van der Waals surface area contributed by atoms with Gasteiger partial charge in [-0.15, -0.1) is 0 Å². The number of benzene rings is 1. The molecular formula is C30H30ClF2N5O5. The van der Waals surface area contributed by atoms with Crippen molar-refractivity contribution in [2.24, 2.45) is 5.92 Å². The highest BCUT2D eigenvalue weighted by atomic mass is 35.5. The summed E-state index contributed by atoms with van der Waals surface area (Å²) in [6.45, 7) is 2.18. The summed E-state index contributed by atoms with van der Waals surface area (Å²) in [5, 5.41) is 2.96. The van der Waals surface area contributed by atoms with E-state index in [0.717, 1.165) is 30.1 Å². The average Bonchev–Trinajstić information content (AvgIpc) is 3.28. The lowest BCUT2D eigenvalue weighted by atomic mass is 9.85. The summed E-state index contributed by atoms with van der Waals surface area (Å²) < 4.78 is 40.3. The van der Waals surface area contributed by atoms with Crippen molar-refractivity contribution in [2.75, 3.05) is 13.2 Å². The lowest BCUT2D eigenvalue weighted by Gasteiger charge is -2.29. The van der Waals surface area contributed by atoms with Gasteiger partial charge in [-0.05, 0) is 62.8 Å². The van der Waals surface area contributed by atoms with Crippen LogP contribution in [0.4, 0.5) is 8.78 Å². The van der Waals surface area contributed by atoms with Crippen LogP contribution in [0.3, 0.4) is 0 Å². The van der Waals surface area contributed by atoms with Crippen molar-refractivity contribution in [2.45, 2.75) is 51.6 Å². The van der Waals surface area contributed by atoms with Gasteiger partial charge in [-0.1, -0.05) is 23.7 Å². The van der Waals surface area contributed by atoms with Gasteiger partial charge in [-0.2, -0.15) is 0 Å². The highest BCUT2D eigenvalue weighted by molar-refractivity contribution is 6.30. The molecule has 0 bridgehead atoms. The molecule has 5 rings (SSSR count). The Kier molecular flexibility index (Phi) is 9.34. The van der Waals surface area contributed by atoms with Crippen molar-refractivity contribution >= 4 is 34.5 Å². The van der Waals surface area contributed by atoms with Crippen molar-refractivity contribution in [3.05, 3.63) is 81.6 Å². The van der Waals surface area contributed by atoms with E-state index in [9.17, 15) is 23.2 Å². The average molecular weight is 614 g/mol. The molecule has 1 aliphatic rings. The Hall–Kier alpha value is -4.32. The summed E-state index contributed by atoms with van der Waals surface area (Å²) in [6, 6.07) is 11.8. The first-order valence-corrected chi connectivity index (χ1v) is 14.3. The van der Waals surface area contributed by atoms with E-state index in [-0.39, 0.29) is 47.3 Å². The van der Waals surface area contributed by atoms with Crippen molar-refractivity contribution < 1.29 is 27.8 Å². The number of imidazole rings is 1. The zero-order chi connectivity index (χ0) is 30.5. The molecule has 226 valence electrons. The lowest BCUT2D eigenvalue weighted by Crippen LogP contribution is -2.39. The van der Waals surface area contributed by atoms with Crippen LogP contribution in [0.5, 0.6) is 5.88 Å². The lowest BCUT2D eigenvalue weighted by molar-refractivity contribution is -0.145. The third kappa shape index (κ3) is 6.85. The molecule has 3 heterocycles. The zero-order valence-corrected chi connectivity index (χ0v) is 24.1. The van der Waals surface area contributed by atoms with Gasteiger partial charge in [0.25, 0.3) is 12.3 Å². The maximum absolute atomic E-state index is 13.7. The number of esters is 1. The summed E-state index contributed by atoms with van der Waals surface area (Å²) in [5.74, 6) is -0.719. The molecule has 0 atom stereocenters. The molecule has 1 saturated carbocycles. The largest absolute Gasteiger partial charge is 0.466 e. The highest BCUT2D eigenvalue weighted by Gasteiger charge is 2.27. The van der Waals surface area contributed by atoms with E-state index in [2.05, 4.69) is 15.3 Å². The van der Waals surface area contributed by atoms with Gasteiger partial charge in [-0.3, -0.25) is 18.9 Å². The molecule has 43 heavy (non-hydrogen) atoms. The second-order valence-electron chi connectivity index (χ2n) is 10.2. The molecule has 1 fully saturated rings. The second-order valence-corrected chi connectivity index (χ2v) is 10.7. The number of nitrogens with one attached hydrogen (secondary N) is 1. The fraction of sp³-hybridized carbons (Fsp3) is 0.367. The number of aromatic nitrogens is 4. The smallest absolute Gasteiger partial charge is 0.344 e. The summed E-state index contributed by atoms with van der Waals surface area (Å²) >= 11 is 5.90. The monoisotopic (exact) mass is 613 g/mol.